The van der Waals surface area contributed by atoms with E-state index in [4.69, 9.17) is 17.3 Å². The van der Waals surface area contributed by atoms with E-state index in [0.717, 1.165) is 11.1 Å². The molecule has 0 radical (unpaired) electrons. The van der Waals surface area contributed by atoms with Gasteiger partial charge in [0.15, 0.2) is 0 Å². The summed E-state index contributed by atoms with van der Waals surface area (Å²) in [5, 5.41) is 4.67. The van der Waals surface area contributed by atoms with Crippen molar-refractivity contribution in [3.8, 4) is 0 Å². The maximum Gasteiger partial charge on any atom is 0.141 e. The van der Waals surface area contributed by atoms with Crippen molar-refractivity contribution in [1.82, 2.24) is 9.78 Å². The number of halogens is 2. The molecule has 3 nitrogen and oxygen atoms in total. The first-order chi connectivity index (χ1) is 7.99. The third-order valence-electron chi connectivity index (χ3n) is 2.72. The number of nitrogens with two attached hydrogens (primary N) is 1. The number of nitrogens with zero attached hydrogens (tertiary/aromatic N) is 2. The first kappa shape index (κ1) is 11.9. The van der Waals surface area contributed by atoms with Crippen molar-refractivity contribution in [3.63, 3.8) is 0 Å². The van der Waals surface area contributed by atoms with Crippen molar-refractivity contribution in [2.45, 2.75) is 20.4 Å². The first-order valence-electron chi connectivity index (χ1n) is 5.22. The van der Waals surface area contributed by atoms with E-state index in [1.54, 1.807) is 17.7 Å². The molecule has 2 aromatic rings. The number of aryl methyl sites for hydroxylation is 2. The van der Waals surface area contributed by atoms with Gasteiger partial charge in [-0.05, 0) is 37.1 Å². The lowest BCUT2D eigenvalue weighted by molar-refractivity contribution is 0.618. The molecule has 0 saturated heterocycles. The summed E-state index contributed by atoms with van der Waals surface area (Å²) in [6.45, 7) is 4.12. The third kappa shape index (κ3) is 2.26. The Balaban J connectivity index is 2.37. The minimum Gasteiger partial charge on any atom is -0.383 e. The summed E-state index contributed by atoms with van der Waals surface area (Å²) >= 11 is 5.95. The molecule has 0 saturated carbocycles. The summed E-state index contributed by atoms with van der Waals surface area (Å²) in [7, 11) is 0. The van der Waals surface area contributed by atoms with Crippen LogP contribution in [0.5, 0.6) is 0 Å². The fourth-order valence-electron chi connectivity index (χ4n) is 1.67. The van der Waals surface area contributed by atoms with E-state index in [9.17, 15) is 4.39 Å². The second-order valence-corrected chi connectivity index (χ2v) is 4.39. The normalized spacial score (nSPS) is 10.8. The molecule has 1 aromatic heterocycles. The predicted molar refractivity (Wildman–Crippen MR) is 66.6 cm³/mol. The van der Waals surface area contributed by atoms with Crippen LogP contribution in [0.4, 0.5) is 10.2 Å². The number of rotatable bonds is 2. The van der Waals surface area contributed by atoms with Crippen molar-refractivity contribution in [2.75, 3.05) is 5.73 Å². The zero-order valence-electron chi connectivity index (χ0n) is 9.67. The second kappa shape index (κ2) is 4.37. The molecule has 0 amide bonds. The van der Waals surface area contributed by atoms with E-state index < -0.39 is 0 Å². The van der Waals surface area contributed by atoms with Crippen LogP contribution < -0.4 is 5.73 Å². The summed E-state index contributed by atoms with van der Waals surface area (Å²) < 4.78 is 14.7. The number of nitrogen functional groups attached to an aromatic ring is 1. The van der Waals surface area contributed by atoms with Gasteiger partial charge in [0.05, 0.1) is 12.2 Å². The molecule has 2 N–H and O–H groups in total. The van der Waals surface area contributed by atoms with Gasteiger partial charge in [0.1, 0.15) is 16.7 Å². The first-order valence-corrected chi connectivity index (χ1v) is 5.60. The van der Waals surface area contributed by atoms with E-state index >= 15 is 0 Å². The summed E-state index contributed by atoms with van der Waals surface area (Å²) in [6, 6.07) is 4.65. The van der Waals surface area contributed by atoms with Crippen LogP contribution in [0.25, 0.3) is 0 Å². The zero-order chi connectivity index (χ0) is 12.6. The van der Waals surface area contributed by atoms with E-state index in [2.05, 4.69) is 5.10 Å². The molecule has 90 valence electrons. The summed E-state index contributed by atoms with van der Waals surface area (Å²) in [5.74, 6) is 0.145. The molecule has 0 aliphatic rings. The molecule has 0 fully saturated rings. The molecule has 0 aliphatic carbocycles. The van der Waals surface area contributed by atoms with Crippen LogP contribution in [0.3, 0.4) is 0 Å². The van der Waals surface area contributed by atoms with E-state index in [1.165, 1.54) is 12.1 Å². The molecule has 1 aromatic carbocycles. The van der Waals surface area contributed by atoms with Crippen LogP contribution >= 0.6 is 11.6 Å². The van der Waals surface area contributed by atoms with Gasteiger partial charge in [-0.1, -0.05) is 17.7 Å². The molecule has 17 heavy (non-hydrogen) atoms. The van der Waals surface area contributed by atoms with Crippen LogP contribution in [-0.4, -0.2) is 9.78 Å². The number of benzene rings is 1. The van der Waals surface area contributed by atoms with Crippen LogP contribution in [0.15, 0.2) is 18.2 Å². The van der Waals surface area contributed by atoms with Gasteiger partial charge in [0.2, 0.25) is 0 Å². The average molecular weight is 254 g/mol. The van der Waals surface area contributed by atoms with E-state index in [-0.39, 0.29) is 5.82 Å². The Labute approximate surface area is 104 Å². The molecule has 2 rings (SSSR count). The number of hydrogen-bond donors (Lipinski definition) is 1. The highest BCUT2D eigenvalue weighted by atomic mass is 35.5. The van der Waals surface area contributed by atoms with Crippen LogP contribution in [-0.2, 0) is 6.54 Å². The minimum absolute atomic E-state index is 0.265. The van der Waals surface area contributed by atoms with Crippen LogP contribution in [0.2, 0.25) is 5.02 Å². The summed E-state index contributed by atoms with van der Waals surface area (Å²) in [6.07, 6.45) is 0. The molecule has 0 unspecified atom stereocenters. The number of anilines is 1. The van der Waals surface area contributed by atoms with Gasteiger partial charge in [-0.2, -0.15) is 5.10 Å². The number of hydrogen-bond acceptors (Lipinski definition) is 2. The molecule has 1 heterocycles. The Morgan fingerprint density at radius 1 is 1.41 bits per heavy atom. The van der Waals surface area contributed by atoms with Gasteiger partial charge in [0.25, 0.3) is 0 Å². The minimum atomic E-state index is -0.265. The van der Waals surface area contributed by atoms with Gasteiger partial charge >= 0.3 is 0 Å². The SMILES string of the molecule is Cc1ccc(F)cc1Cn1nc(C)c(Cl)c1N. The monoisotopic (exact) mass is 253 g/mol. The van der Waals surface area contributed by atoms with Crippen molar-refractivity contribution in [1.29, 1.82) is 0 Å². The smallest absolute Gasteiger partial charge is 0.141 e. The Hall–Kier alpha value is -1.55. The fraction of sp³-hybridized carbons (Fsp3) is 0.250. The highest BCUT2D eigenvalue weighted by molar-refractivity contribution is 6.33. The Morgan fingerprint density at radius 2 is 2.12 bits per heavy atom. The maximum atomic E-state index is 13.1. The Bertz CT molecular complexity index is 563. The van der Waals surface area contributed by atoms with Gasteiger partial charge in [-0.25, -0.2) is 9.07 Å². The Morgan fingerprint density at radius 3 is 2.71 bits per heavy atom. The second-order valence-electron chi connectivity index (χ2n) is 4.01. The molecular weight excluding hydrogens is 241 g/mol. The highest BCUT2D eigenvalue weighted by Gasteiger charge is 2.11. The molecule has 0 spiro atoms. The summed E-state index contributed by atoms with van der Waals surface area (Å²) in [5.41, 5.74) is 8.33. The van der Waals surface area contributed by atoms with Crippen molar-refractivity contribution >= 4 is 17.4 Å². The average Bonchev–Trinajstić information content (AvgIpc) is 2.52. The number of aromatic nitrogens is 2. The lowest BCUT2D eigenvalue weighted by atomic mass is 10.1. The van der Waals surface area contributed by atoms with Gasteiger partial charge < -0.3 is 5.73 Å². The van der Waals surface area contributed by atoms with E-state index in [0.29, 0.717) is 23.1 Å². The zero-order valence-corrected chi connectivity index (χ0v) is 10.4. The third-order valence-corrected chi connectivity index (χ3v) is 3.19. The predicted octanol–water partition coefficient (Wildman–Crippen LogP) is 2.92. The molecule has 0 aliphatic heterocycles. The van der Waals surface area contributed by atoms with Gasteiger partial charge in [-0.3, -0.25) is 0 Å². The lowest BCUT2D eigenvalue weighted by Gasteiger charge is -2.07. The highest BCUT2D eigenvalue weighted by Crippen LogP contribution is 2.23. The standard InChI is InChI=1S/C12H13ClFN3/c1-7-3-4-10(14)5-9(7)6-17-12(15)11(13)8(2)16-17/h3-5H,6,15H2,1-2H3. The molecule has 5 heteroatoms. The lowest BCUT2D eigenvalue weighted by Crippen LogP contribution is -2.07. The van der Waals surface area contributed by atoms with Crippen molar-refractivity contribution in [3.05, 3.63) is 45.9 Å². The molecule has 0 atom stereocenters. The largest absolute Gasteiger partial charge is 0.383 e. The quantitative estimate of drug-likeness (QED) is 0.894. The van der Waals surface area contributed by atoms with Gasteiger partial charge in [0, 0.05) is 0 Å². The molecule has 0 bridgehead atoms. The van der Waals surface area contributed by atoms with Gasteiger partial charge in [-0.15, -0.1) is 0 Å². The Kier molecular flexibility index (Phi) is 3.07. The van der Waals surface area contributed by atoms with E-state index in [1.807, 2.05) is 6.92 Å². The van der Waals surface area contributed by atoms with Crippen LogP contribution in [0, 0.1) is 19.7 Å². The van der Waals surface area contributed by atoms with Crippen LogP contribution in [0.1, 0.15) is 16.8 Å². The molecular formula is C12H13ClFN3. The summed E-state index contributed by atoms with van der Waals surface area (Å²) in [4.78, 5) is 0. The fourth-order valence-corrected chi connectivity index (χ4v) is 1.81. The topological polar surface area (TPSA) is 43.8 Å². The van der Waals surface area contributed by atoms with Crippen molar-refractivity contribution < 1.29 is 4.39 Å². The maximum absolute atomic E-state index is 13.1. The van der Waals surface area contributed by atoms with Crippen molar-refractivity contribution in [2.24, 2.45) is 0 Å².